The van der Waals surface area contributed by atoms with E-state index in [4.69, 9.17) is 11.6 Å². The Morgan fingerprint density at radius 3 is 2.55 bits per heavy atom. The molecular weight excluding hydrogens is 676 g/mol. The van der Waals surface area contributed by atoms with E-state index in [0.717, 1.165) is 28.6 Å². The summed E-state index contributed by atoms with van der Waals surface area (Å²) in [6.45, 7) is 2.13. The Kier molecular flexibility index (Phi) is 10.9. The van der Waals surface area contributed by atoms with Crippen LogP contribution in [0.25, 0.3) is 21.9 Å². The maximum atomic E-state index is 13.1. The average molecular weight is 709 g/mol. The molecule has 0 fully saturated rings. The minimum absolute atomic E-state index is 0.0490. The minimum Gasteiger partial charge on any atom is -0.383 e. The highest BCUT2D eigenvalue weighted by atomic mass is 35.5. The molecule has 4 N–H and O–H groups in total. The van der Waals surface area contributed by atoms with Crippen LogP contribution in [0.3, 0.4) is 0 Å². The SMILES string of the molecule is CN(CCNCCc1ccc(C(=O)Nc2ccc3ncnc(Nc4cccc(Cl)c4)c3c2)cc1)C(=O)CCNc1ccc([N+](=O)[O-])c2nonc12. The number of non-ortho nitro benzene ring substituents is 1. The summed E-state index contributed by atoms with van der Waals surface area (Å²) in [4.78, 5) is 46.6. The quantitative estimate of drug-likeness (QED) is 0.0569. The Hall–Kier alpha value is -6.19. The Bertz CT molecular complexity index is 2190. The maximum Gasteiger partial charge on any atom is 0.300 e. The number of nitrogens with zero attached hydrogens (tertiary/aromatic N) is 6. The first-order chi connectivity index (χ1) is 24.7. The molecule has 2 heterocycles. The van der Waals surface area contributed by atoms with E-state index in [-0.39, 0.29) is 35.0 Å². The molecule has 16 heteroatoms. The monoisotopic (exact) mass is 708 g/mol. The average Bonchev–Trinajstić information content (AvgIpc) is 3.62. The highest BCUT2D eigenvalue weighted by Crippen LogP contribution is 2.29. The summed E-state index contributed by atoms with van der Waals surface area (Å²) >= 11 is 6.13. The van der Waals surface area contributed by atoms with Gasteiger partial charge in [0.15, 0.2) is 5.52 Å². The minimum atomic E-state index is -0.553. The third kappa shape index (κ3) is 8.70. The molecule has 260 valence electrons. The van der Waals surface area contributed by atoms with Gasteiger partial charge in [0.25, 0.3) is 5.91 Å². The predicted molar refractivity (Wildman–Crippen MR) is 194 cm³/mol. The number of benzene rings is 4. The standard InChI is InChI=1S/C35H33ClN10O5/c1-45(31(47)14-16-38-29-11-12-30(46(49)50)33-32(29)43-51-44-33)18-17-37-15-13-22-5-7-23(8-6-22)35(48)42-26-9-10-28-27(20-26)34(40-21-39-28)41-25-4-2-3-24(36)19-25/h2-12,19-21,37-38H,13-18H2,1H3,(H,42,48)(H,39,40,41). The van der Waals surface area contributed by atoms with E-state index >= 15 is 0 Å². The summed E-state index contributed by atoms with van der Waals surface area (Å²) in [6, 6.07) is 23.1. The normalized spacial score (nSPS) is 11.0. The first kappa shape index (κ1) is 34.7. The number of rotatable bonds is 15. The van der Waals surface area contributed by atoms with E-state index in [2.05, 4.69) is 46.2 Å². The van der Waals surface area contributed by atoms with Crippen molar-refractivity contribution >= 4 is 73.9 Å². The van der Waals surface area contributed by atoms with Crippen LogP contribution in [0.15, 0.2) is 89.8 Å². The predicted octanol–water partition coefficient (Wildman–Crippen LogP) is 5.82. The topological polar surface area (TPSA) is 193 Å². The number of carbonyl (C=O) groups excluding carboxylic acids is 2. The number of likely N-dealkylation sites (N-methyl/N-ethyl adjacent to an activating group) is 1. The van der Waals surface area contributed by atoms with Crippen molar-refractivity contribution in [3.05, 3.63) is 111 Å². The third-order valence-corrected chi connectivity index (χ3v) is 8.32. The van der Waals surface area contributed by atoms with Gasteiger partial charge in [0.2, 0.25) is 11.4 Å². The number of carbonyl (C=O) groups is 2. The number of aromatic nitrogens is 4. The maximum absolute atomic E-state index is 13.1. The fourth-order valence-electron chi connectivity index (χ4n) is 5.33. The number of nitro benzene ring substituents is 1. The first-order valence-corrected chi connectivity index (χ1v) is 16.4. The number of amides is 2. The van der Waals surface area contributed by atoms with Crippen molar-refractivity contribution in [2.45, 2.75) is 12.8 Å². The van der Waals surface area contributed by atoms with Crippen LogP contribution >= 0.6 is 11.6 Å². The van der Waals surface area contributed by atoms with Crippen molar-refractivity contribution < 1.29 is 19.1 Å². The molecule has 51 heavy (non-hydrogen) atoms. The van der Waals surface area contributed by atoms with Crippen LogP contribution in [0.2, 0.25) is 5.02 Å². The van der Waals surface area contributed by atoms with Crippen molar-refractivity contribution in [2.24, 2.45) is 0 Å². The van der Waals surface area contributed by atoms with Gasteiger partial charge in [-0.2, -0.15) is 0 Å². The highest BCUT2D eigenvalue weighted by Gasteiger charge is 2.20. The van der Waals surface area contributed by atoms with Gasteiger partial charge < -0.3 is 26.2 Å². The van der Waals surface area contributed by atoms with Crippen LogP contribution in [0.4, 0.5) is 28.6 Å². The van der Waals surface area contributed by atoms with Gasteiger partial charge in [-0.05, 0) is 83.4 Å². The summed E-state index contributed by atoms with van der Waals surface area (Å²) in [5.74, 6) is 0.303. The van der Waals surface area contributed by atoms with Crippen LogP contribution in [0.5, 0.6) is 0 Å². The zero-order valence-corrected chi connectivity index (χ0v) is 28.2. The molecule has 6 aromatic rings. The van der Waals surface area contributed by atoms with E-state index in [1.165, 1.54) is 18.5 Å². The van der Waals surface area contributed by atoms with Crippen molar-refractivity contribution in [1.82, 2.24) is 30.5 Å². The lowest BCUT2D eigenvalue weighted by Crippen LogP contribution is -2.35. The fraction of sp³-hybridized carbons (Fsp3) is 0.200. The highest BCUT2D eigenvalue weighted by molar-refractivity contribution is 6.30. The molecule has 2 amide bonds. The third-order valence-electron chi connectivity index (χ3n) is 8.08. The van der Waals surface area contributed by atoms with Gasteiger partial charge in [-0.15, -0.1) is 0 Å². The first-order valence-electron chi connectivity index (χ1n) is 16.0. The van der Waals surface area contributed by atoms with E-state index in [0.29, 0.717) is 54.0 Å². The number of halogens is 1. The second-order valence-electron chi connectivity index (χ2n) is 11.6. The molecule has 0 aliphatic rings. The lowest BCUT2D eigenvalue weighted by molar-refractivity contribution is -0.383. The Labute approximate surface area is 296 Å². The van der Waals surface area contributed by atoms with E-state index < -0.39 is 4.92 Å². The van der Waals surface area contributed by atoms with Gasteiger partial charge in [-0.1, -0.05) is 29.8 Å². The molecule has 0 saturated heterocycles. The summed E-state index contributed by atoms with van der Waals surface area (Å²) in [5.41, 5.74) is 4.30. The Balaban J connectivity index is 0.920. The second-order valence-corrected chi connectivity index (χ2v) is 12.0. The van der Waals surface area contributed by atoms with Gasteiger partial charge in [0, 0.05) is 66.5 Å². The number of nitro groups is 1. The van der Waals surface area contributed by atoms with Crippen LogP contribution in [-0.2, 0) is 11.2 Å². The summed E-state index contributed by atoms with van der Waals surface area (Å²) in [6.07, 6.45) is 2.45. The van der Waals surface area contributed by atoms with Gasteiger partial charge >= 0.3 is 5.69 Å². The van der Waals surface area contributed by atoms with Crippen molar-refractivity contribution in [3.8, 4) is 0 Å². The van der Waals surface area contributed by atoms with Crippen molar-refractivity contribution in [1.29, 1.82) is 0 Å². The van der Waals surface area contributed by atoms with Gasteiger partial charge in [-0.3, -0.25) is 19.7 Å². The van der Waals surface area contributed by atoms with E-state index in [1.807, 2.05) is 36.4 Å². The zero-order valence-electron chi connectivity index (χ0n) is 27.4. The summed E-state index contributed by atoms with van der Waals surface area (Å²) in [5, 5.41) is 32.5. The van der Waals surface area contributed by atoms with Gasteiger partial charge in [0.05, 0.1) is 16.1 Å². The molecule has 0 aliphatic carbocycles. The number of hydrogen-bond donors (Lipinski definition) is 4. The van der Waals surface area contributed by atoms with E-state index in [9.17, 15) is 19.7 Å². The van der Waals surface area contributed by atoms with Crippen LogP contribution < -0.4 is 21.3 Å². The molecule has 0 bridgehead atoms. The summed E-state index contributed by atoms with van der Waals surface area (Å²) in [7, 11) is 1.74. The van der Waals surface area contributed by atoms with Crippen LogP contribution in [-0.4, -0.2) is 75.1 Å². The molecule has 0 unspecified atom stereocenters. The molecule has 6 rings (SSSR count). The van der Waals surface area contributed by atoms with Gasteiger partial charge in [-0.25, -0.2) is 14.6 Å². The number of anilines is 4. The largest absolute Gasteiger partial charge is 0.383 e. The van der Waals surface area contributed by atoms with Crippen LogP contribution in [0, 0.1) is 10.1 Å². The molecule has 4 aromatic carbocycles. The molecule has 0 atom stereocenters. The molecule has 0 aliphatic heterocycles. The number of hydrogen-bond acceptors (Lipinski definition) is 12. The lowest BCUT2D eigenvalue weighted by atomic mass is 10.1. The number of nitrogens with one attached hydrogen (secondary N) is 4. The van der Waals surface area contributed by atoms with E-state index in [1.54, 1.807) is 42.3 Å². The molecule has 0 radical (unpaired) electrons. The zero-order chi connectivity index (χ0) is 35.7. The molecule has 15 nitrogen and oxygen atoms in total. The van der Waals surface area contributed by atoms with Gasteiger partial charge in [0.1, 0.15) is 12.1 Å². The molecule has 0 spiro atoms. The van der Waals surface area contributed by atoms with Crippen molar-refractivity contribution in [2.75, 3.05) is 49.2 Å². The van der Waals surface area contributed by atoms with Crippen LogP contribution in [0.1, 0.15) is 22.3 Å². The fourth-order valence-corrected chi connectivity index (χ4v) is 5.52. The number of fused-ring (bicyclic) bond motifs is 2. The van der Waals surface area contributed by atoms with Crippen molar-refractivity contribution in [3.63, 3.8) is 0 Å². The molecule has 0 saturated carbocycles. The lowest BCUT2D eigenvalue weighted by Gasteiger charge is -2.18. The molecule has 2 aromatic heterocycles. The second kappa shape index (κ2) is 16.0. The smallest absolute Gasteiger partial charge is 0.300 e. The Morgan fingerprint density at radius 2 is 1.75 bits per heavy atom. The summed E-state index contributed by atoms with van der Waals surface area (Å²) < 4.78 is 4.67. The molecular formula is C35H33ClN10O5. The Morgan fingerprint density at radius 1 is 0.922 bits per heavy atom.